The largest absolute Gasteiger partial charge is 0.493 e. The first-order valence-corrected chi connectivity index (χ1v) is 38.2. The van der Waals surface area contributed by atoms with Crippen LogP contribution in [-0.4, -0.2) is 26.4 Å². The first kappa shape index (κ1) is 76.2. The maximum atomic E-state index is 7.08. The molecular formula is C78H136Cl2O4. The highest BCUT2D eigenvalue weighted by Gasteiger charge is 2.25. The van der Waals surface area contributed by atoms with Gasteiger partial charge in [-0.25, -0.2) is 0 Å². The second-order valence-electron chi connectivity index (χ2n) is 26.1. The zero-order valence-corrected chi connectivity index (χ0v) is 57.6. The van der Waals surface area contributed by atoms with Gasteiger partial charge in [0, 0.05) is 10.8 Å². The van der Waals surface area contributed by atoms with Gasteiger partial charge < -0.3 is 18.9 Å². The topological polar surface area (TPSA) is 36.9 Å². The first-order valence-electron chi connectivity index (χ1n) is 37.5. The molecule has 0 aromatic heterocycles. The third-order valence-electron chi connectivity index (χ3n) is 18.1. The Morgan fingerprint density at radius 2 is 0.393 bits per heavy atom. The molecule has 486 valence electrons. The van der Waals surface area contributed by atoms with Gasteiger partial charge in [0.25, 0.3) is 0 Å². The highest BCUT2D eigenvalue weighted by atomic mass is 35.5. The van der Waals surface area contributed by atoms with E-state index in [9.17, 15) is 0 Å². The lowest BCUT2D eigenvalue weighted by molar-refractivity contribution is 0.290. The van der Waals surface area contributed by atoms with E-state index in [4.69, 9.17) is 42.1 Å². The molecule has 0 amide bonds. The van der Waals surface area contributed by atoms with Crippen molar-refractivity contribution in [3.05, 3.63) is 34.3 Å². The molecule has 3 aromatic rings. The fourth-order valence-electron chi connectivity index (χ4n) is 12.6. The summed E-state index contributed by atoms with van der Waals surface area (Å²) in [5.74, 6) is 3.31. The number of unbranched alkanes of at least 4 members (excludes halogenated alkanes) is 52. The summed E-state index contributed by atoms with van der Waals surface area (Å²) in [6.07, 6.45) is 74.7. The van der Waals surface area contributed by atoms with E-state index in [0.29, 0.717) is 36.5 Å². The second kappa shape index (κ2) is 56.2. The van der Waals surface area contributed by atoms with E-state index in [0.717, 1.165) is 83.1 Å². The summed E-state index contributed by atoms with van der Waals surface area (Å²) in [7, 11) is 0. The van der Waals surface area contributed by atoms with Crippen LogP contribution in [0.15, 0.2) is 24.3 Å². The Balaban J connectivity index is 1.76. The number of benzene rings is 3. The molecule has 0 aliphatic carbocycles. The van der Waals surface area contributed by atoms with Crippen molar-refractivity contribution in [1.29, 1.82) is 0 Å². The van der Waals surface area contributed by atoms with Crippen molar-refractivity contribution in [3.63, 3.8) is 0 Å². The number of ether oxygens (including phenoxy) is 4. The number of hydrogen-bond acceptors (Lipinski definition) is 4. The average Bonchev–Trinajstić information content (AvgIpc) is 1.17. The Morgan fingerprint density at radius 3 is 0.583 bits per heavy atom. The molecule has 0 aliphatic rings. The van der Waals surface area contributed by atoms with Gasteiger partial charge >= 0.3 is 0 Å². The highest BCUT2D eigenvalue weighted by Crippen LogP contribution is 2.52. The minimum atomic E-state index is 0.526. The summed E-state index contributed by atoms with van der Waals surface area (Å²) < 4.78 is 28.0. The maximum absolute atomic E-state index is 7.08. The summed E-state index contributed by atoms with van der Waals surface area (Å²) in [5, 5.41) is 4.82. The zero-order chi connectivity index (χ0) is 59.9. The first-order chi connectivity index (χ1) is 41.6. The summed E-state index contributed by atoms with van der Waals surface area (Å²) in [5.41, 5.74) is 0. The van der Waals surface area contributed by atoms with E-state index in [2.05, 4.69) is 39.8 Å². The van der Waals surface area contributed by atoms with E-state index in [1.807, 2.05) is 12.1 Å². The van der Waals surface area contributed by atoms with Gasteiger partial charge in [0.2, 0.25) is 0 Å². The normalized spacial score (nSPS) is 11.7. The number of hydrogen-bond donors (Lipinski definition) is 0. The van der Waals surface area contributed by atoms with Crippen LogP contribution in [0.5, 0.6) is 23.0 Å². The molecule has 84 heavy (non-hydrogen) atoms. The Morgan fingerprint density at radius 1 is 0.226 bits per heavy atom. The van der Waals surface area contributed by atoms with Gasteiger partial charge in [-0.05, 0) is 49.9 Å². The van der Waals surface area contributed by atoms with Gasteiger partial charge in [0.15, 0.2) is 0 Å². The molecule has 0 unspecified atom stereocenters. The average molecular weight is 1210 g/mol. The minimum absolute atomic E-state index is 0.526. The van der Waals surface area contributed by atoms with E-state index in [1.54, 1.807) is 0 Å². The molecule has 0 aliphatic heterocycles. The van der Waals surface area contributed by atoms with E-state index in [1.165, 1.54) is 321 Å². The van der Waals surface area contributed by atoms with Gasteiger partial charge in [-0.15, -0.1) is 0 Å². The SMILES string of the molecule is CCCCCCCCCCCCCCCCOc1ccc(OCCCCCCCCCCCCCCCC)c2c(OCCCCCCCCCCCCCCCC)c3cc(Cl)c(Cl)cc3c(OCCCCCCCCCCCCCCCC)c12. The molecule has 0 N–H and O–H groups in total. The molecular weight excluding hydrogens is 1070 g/mol. The molecule has 0 radical (unpaired) electrons. The molecule has 0 atom stereocenters. The lowest BCUT2D eigenvalue weighted by Crippen LogP contribution is -2.06. The zero-order valence-electron chi connectivity index (χ0n) is 56.1. The Hall–Kier alpha value is -2.04. The molecule has 0 saturated carbocycles. The molecule has 4 nitrogen and oxygen atoms in total. The van der Waals surface area contributed by atoms with Gasteiger partial charge in [0.05, 0.1) is 47.2 Å². The molecule has 0 saturated heterocycles. The lowest BCUT2D eigenvalue weighted by Gasteiger charge is -2.22. The third kappa shape index (κ3) is 37.7. The predicted molar refractivity (Wildman–Crippen MR) is 375 cm³/mol. The fraction of sp³-hybridized carbons (Fsp3) is 0.821. The van der Waals surface area contributed by atoms with Crippen LogP contribution in [-0.2, 0) is 0 Å². The van der Waals surface area contributed by atoms with Crippen molar-refractivity contribution in [2.45, 2.75) is 387 Å². The van der Waals surface area contributed by atoms with Crippen molar-refractivity contribution < 1.29 is 18.9 Å². The van der Waals surface area contributed by atoms with E-state index < -0.39 is 0 Å². The van der Waals surface area contributed by atoms with Crippen molar-refractivity contribution in [3.8, 4) is 23.0 Å². The Kier molecular flexibility index (Phi) is 51.0. The van der Waals surface area contributed by atoms with Crippen LogP contribution >= 0.6 is 23.2 Å². The van der Waals surface area contributed by atoms with Crippen LogP contribution in [0.25, 0.3) is 21.5 Å². The number of halogens is 2. The fourth-order valence-corrected chi connectivity index (χ4v) is 13.0. The van der Waals surface area contributed by atoms with Gasteiger partial charge in [-0.1, -0.05) is 385 Å². The summed E-state index contributed by atoms with van der Waals surface area (Å²) in [4.78, 5) is 0. The monoisotopic (exact) mass is 1210 g/mol. The molecule has 0 bridgehead atoms. The van der Waals surface area contributed by atoms with Crippen molar-refractivity contribution in [2.24, 2.45) is 0 Å². The number of rotatable bonds is 64. The summed E-state index contributed by atoms with van der Waals surface area (Å²) in [6, 6.07) is 8.32. The Bertz CT molecular complexity index is 1790. The standard InChI is InChI=1S/C78H136Cl2O4/c1-5-9-13-17-21-25-29-33-37-41-45-49-53-57-63-81-73-61-62-74(82-64-58-54-50-46-42-38-34-30-26-22-18-14-10-6-2)76-75(73)77(83-65-59-55-51-47-43-39-35-31-27-23-19-15-11-7-3)69-67-71(79)72(80)68-70(69)78(76)84-66-60-56-52-48-44-40-36-32-28-24-20-16-12-8-4/h61-62,67-68H,5-60,63-66H2,1-4H3. The molecule has 3 aromatic carbocycles. The molecule has 0 heterocycles. The molecule has 6 heteroatoms. The summed E-state index contributed by atoms with van der Waals surface area (Å²) >= 11 is 14.0. The van der Waals surface area contributed by atoms with Crippen LogP contribution in [0.1, 0.15) is 387 Å². The predicted octanol–water partition coefficient (Wildman–Crippen LogP) is 28.7. The molecule has 3 rings (SSSR count). The summed E-state index contributed by atoms with van der Waals surface area (Å²) in [6.45, 7) is 11.8. The lowest BCUT2D eigenvalue weighted by atomic mass is 9.98. The second-order valence-corrected chi connectivity index (χ2v) is 26.9. The van der Waals surface area contributed by atoms with Crippen molar-refractivity contribution >= 4 is 44.7 Å². The Labute approximate surface area is 531 Å². The van der Waals surface area contributed by atoms with Crippen molar-refractivity contribution in [2.75, 3.05) is 26.4 Å². The molecule has 0 fully saturated rings. The third-order valence-corrected chi connectivity index (χ3v) is 18.9. The maximum Gasteiger partial charge on any atom is 0.139 e. The van der Waals surface area contributed by atoms with E-state index in [-0.39, 0.29) is 0 Å². The number of fused-ring (bicyclic) bond motifs is 2. The van der Waals surface area contributed by atoms with Gasteiger partial charge in [0.1, 0.15) is 23.0 Å². The van der Waals surface area contributed by atoms with Crippen LogP contribution in [0, 0.1) is 0 Å². The van der Waals surface area contributed by atoms with E-state index >= 15 is 0 Å². The van der Waals surface area contributed by atoms with Gasteiger partial charge in [-0.2, -0.15) is 0 Å². The van der Waals surface area contributed by atoms with Crippen LogP contribution in [0.4, 0.5) is 0 Å². The van der Waals surface area contributed by atoms with Crippen LogP contribution < -0.4 is 18.9 Å². The van der Waals surface area contributed by atoms with Gasteiger partial charge in [-0.3, -0.25) is 0 Å². The van der Waals surface area contributed by atoms with Crippen LogP contribution in [0.2, 0.25) is 10.0 Å². The van der Waals surface area contributed by atoms with Crippen molar-refractivity contribution in [1.82, 2.24) is 0 Å². The van der Waals surface area contributed by atoms with Crippen LogP contribution in [0.3, 0.4) is 0 Å². The quantitative estimate of drug-likeness (QED) is 0.0417. The highest BCUT2D eigenvalue weighted by molar-refractivity contribution is 6.43. The minimum Gasteiger partial charge on any atom is -0.493 e. The smallest absolute Gasteiger partial charge is 0.139 e. The molecule has 0 spiro atoms.